The third-order valence-electron chi connectivity index (χ3n) is 12.8. The van der Waals surface area contributed by atoms with Gasteiger partial charge >= 0.3 is 11.9 Å². The van der Waals surface area contributed by atoms with Crippen molar-refractivity contribution in [2.24, 2.45) is 35.3 Å². The minimum atomic E-state index is -1.58. The van der Waals surface area contributed by atoms with Crippen LogP contribution < -0.4 is 48.3 Å². The summed E-state index contributed by atoms with van der Waals surface area (Å²) in [5, 5.41) is 50.1. The number of H-pyrrole nitrogens is 1. The van der Waals surface area contributed by atoms with Crippen molar-refractivity contribution in [1.82, 2.24) is 52.5 Å². The summed E-state index contributed by atoms with van der Waals surface area (Å²) >= 11 is 0. The first-order chi connectivity index (χ1) is 35.1. The molecule has 24 nitrogen and oxygen atoms in total. The van der Waals surface area contributed by atoms with Crippen LogP contribution in [0.5, 0.6) is 5.75 Å². The molecule has 0 saturated heterocycles. The summed E-state index contributed by atoms with van der Waals surface area (Å²) < 4.78 is 0. The summed E-state index contributed by atoms with van der Waals surface area (Å²) in [5.41, 5.74) is 6.99. The monoisotopic (exact) mass is 1060 g/mol. The normalized spacial score (nSPS) is 15.8. The minimum absolute atomic E-state index is 0.0720. The van der Waals surface area contributed by atoms with Gasteiger partial charge in [-0.15, -0.1) is 0 Å². The average molecular weight is 1060 g/mol. The van der Waals surface area contributed by atoms with Crippen molar-refractivity contribution < 1.29 is 63.3 Å². The Morgan fingerprint density at radius 3 is 1.48 bits per heavy atom. The molecule has 24 heteroatoms. The standard InChI is InChI=1S/C51H81N11O13/c1-12-28(9)41(61-47(70)39(52)26(5)6)49(72)57-35(21-31-14-16-33(63)17-15-31)45(68)56-34(18-19-38(64)65)44(67)55-30(11)43(66)60-40(27(7)8)48(71)62-42(29(10)13-2)50(73)58-36(22-32-23-53-24-54-32)46(69)59-37(51(74)75)20-25(3)4/h14-17,23-30,34-37,39-42,63H,12-13,18-22,52H2,1-11H3,(H,53,54)(H,55,67)(H,56,68)(H,57,72)(H,58,73)(H,59,69)(H,60,66)(H,61,70)(H,62,71)(H,64,65)(H,74,75)/t28-,29-,30-,34-,35-,36-,37-,39-,40-,41-,42-/m0/s1. The van der Waals surface area contributed by atoms with Gasteiger partial charge < -0.3 is 68.6 Å². The van der Waals surface area contributed by atoms with Crippen LogP contribution >= 0.6 is 0 Å². The van der Waals surface area contributed by atoms with E-state index < -0.39 is 144 Å². The first-order valence-corrected chi connectivity index (χ1v) is 25.5. The summed E-state index contributed by atoms with van der Waals surface area (Å²) in [6.45, 7) is 18.6. The number of aromatic nitrogens is 2. The van der Waals surface area contributed by atoms with Crippen molar-refractivity contribution in [3.63, 3.8) is 0 Å². The van der Waals surface area contributed by atoms with Gasteiger partial charge in [-0.3, -0.25) is 43.2 Å². The Balaban J connectivity index is 2.37. The topological polar surface area (TPSA) is 382 Å². The lowest BCUT2D eigenvalue weighted by atomic mass is 9.95. The first-order valence-electron chi connectivity index (χ1n) is 25.5. The van der Waals surface area contributed by atoms with E-state index in [1.807, 2.05) is 0 Å². The molecule has 0 aliphatic rings. The maximum absolute atomic E-state index is 14.2. The molecule has 0 aliphatic heterocycles. The molecule has 8 amide bonds. The van der Waals surface area contributed by atoms with Crippen molar-refractivity contribution in [3.05, 3.63) is 48.0 Å². The molecule has 1 aromatic carbocycles. The van der Waals surface area contributed by atoms with Crippen LogP contribution in [0.1, 0.15) is 120 Å². The zero-order valence-corrected chi connectivity index (χ0v) is 44.9. The Morgan fingerprint density at radius 1 is 0.560 bits per heavy atom. The summed E-state index contributed by atoms with van der Waals surface area (Å²) in [6.07, 6.45) is 2.40. The first kappa shape index (κ1) is 64.0. The molecular weight excluding hydrogens is 975 g/mol. The maximum atomic E-state index is 14.2. The smallest absolute Gasteiger partial charge is 0.326 e. The van der Waals surface area contributed by atoms with Crippen LogP contribution in [-0.4, -0.2) is 139 Å². The zero-order chi connectivity index (χ0) is 56.9. The molecule has 0 unspecified atom stereocenters. The number of nitrogens with one attached hydrogen (secondary N) is 9. The predicted octanol–water partition coefficient (Wildman–Crippen LogP) is 0.526. The van der Waals surface area contributed by atoms with Gasteiger partial charge in [-0.25, -0.2) is 9.78 Å². The van der Waals surface area contributed by atoms with Gasteiger partial charge in [0.15, 0.2) is 0 Å². The number of aliphatic carboxylic acids is 2. The van der Waals surface area contributed by atoms with Gasteiger partial charge in [0.1, 0.15) is 54.1 Å². The van der Waals surface area contributed by atoms with Gasteiger partial charge in [-0.2, -0.15) is 0 Å². The van der Waals surface area contributed by atoms with E-state index >= 15 is 0 Å². The van der Waals surface area contributed by atoms with Crippen LogP contribution in [0.3, 0.4) is 0 Å². The number of aromatic hydroxyl groups is 1. The Labute approximate surface area is 438 Å². The van der Waals surface area contributed by atoms with Gasteiger partial charge in [0, 0.05) is 31.2 Å². The molecule has 418 valence electrons. The van der Waals surface area contributed by atoms with Crippen molar-refractivity contribution >= 4 is 59.2 Å². The fourth-order valence-electron chi connectivity index (χ4n) is 7.59. The summed E-state index contributed by atoms with van der Waals surface area (Å²) in [7, 11) is 0. The van der Waals surface area contributed by atoms with Crippen LogP contribution in [0.25, 0.3) is 0 Å². The SMILES string of the molecule is CC[C@H](C)[C@H](NC(=O)[C@@H](N)C(C)C)C(=O)N[C@@H](Cc1ccc(O)cc1)C(=O)N[C@@H](CCC(=O)O)C(=O)N[C@@H](C)C(=O)N[C@H](C(=O)N[C@H](C(=O)N[C@@H](Cc1cnc[nH]1)C(=O)N[C@@H](CC(C)C)C(=O)O)[C@@H](C)CC)C(C)C. The number of carboxylic acids is 2. The number of carboxylic acid groups (broad SMARTS) is 2. The van der Waals surface area contributed by atoms with E-state index in [4.69, 9.17) is 5.73 Å². The number of rotatable bonds is 32. The number of nitrogens with zero attached hydrogens (tertiary/aromatic N) is 1. The van der Waals surface area contributed by atoms with Crippen molar-refractivity contribution in [2.45, 2.75) is 175 Å². The predicted molar refractivity (Wildman–Crippen MR) is 276 cm³/mol. The molecule has 1 aromatic heterocycles. The Morgan fingerprint density at radius 2 is 1.03 bits per heavy atom. The lowest BCUT2D eigenvalue weighted by Crippen LogP contribution is -2.62. The Bertz CT molecular complexity index is 2240. The number of phenolic OH excluding ortho intramolecular Hbond substituents is 1. The minimum Gasteiger partial charge on any atom is -0.508 e. The highest BCUT2D eigenvalue weighted by Gasteiger charge is 2.37. The lowest BCUT2D eigenvalue weighted by Gasteiger charge is -2.30. The number of amides is 8. The average Bonchev–Trinajstić information content (AvgIpc) is 3.86. The Hall–Kier alpha value is -7.11. The van der Waals surface area contributed by atoms with E-state index in [1.54, 1.807) is 69.2 Å². The van der Waals surface area contributed by atoms with Crippen molar-refractivity contribution in [1.29, 1.82) is 0 Å². The zero-order valence-electron chi connectivity index (χ0n) is 44.9. The molecule has 0 bridgehead atoms. The highest BCUT2D eigenvalue weighted by Crippen LogP contribution is 2.16. The molecular formula is C51H81N11O13. The van der Waals surface area contributed by atoms with Gasteiger partial charge in [0.05, 0.1) is 12.4 Å². The number of nitrogens with two attached hydrogens (primary N) is 1. The Kier molecular flexibility index (Phi) is 26.4. The second kappa shape index (κ2) is 30.9. The van der Waals surface area contributed by atoms with Gasteiger partial charge in [0.25, 0.3) is 0 Å². The molecule has 75 heavy (non-hydrogen) atoms. The van der Waals surface area contributed by atoms with E-state index in [9.17, 15) is 63.3 Å². The molecule has 0 fully saturated rings. The highest BCUT2D eigenvalue weighted by atomic mass is 16.4. The quantitative estimate of drug-likeness (QED) is 0.0475. The third-order valence-corrected chi connectivity index (χ3v) is 12.8. The van der Waals surface area contributed by atoms with E-state index in [0.29, 0.717) is 24.1 Å². The molecule has 0 saturated carbocycles. The van der Waals surface area contributed by atoms with E-state index in [1.165, 1.54) is 43.7 Å². The number of phenols is 1. The molecule has 14 N–H and O–H groups in total. The molecule has 0 radical (unpaired) electrons. The molecule has 2 rings (SSSR count). The van der Waals surface area contributed by atoms with E-state index in [-0.39, 0.29) is 36.8 Å². The molecule has 2 aromatic rings. The number of hydrogen-bond donors (Lipinski definition) is 13. The fourth-order valence-corrected chi connectivity index (χ4v) is 7.59. The van der Waals surface area contributed by atoms with Crippen molar-refractivity contribution in [2.75, 3.05) is 0 Å². The second-order valence-electron chi connectivity index (χ2n) is 20.3. The second-order valence-corrected chi connectivity index (χ2v) is 20.3. The van der Waals surface area contributed by atoms with Crippen LogP contribution in [0.15, 0.2) is 36.8 Å². The third kappa shape index (κ3) is 21.3. The molecule has 1 heterocycles. The number of carbonyl (C=O) groups is 10. The van der Waals surface area contributed by atoms with Gasteiger partial charge in [-0.05, 0) is 67.1 Å². The largest absolute Gasteiger partial charge is 0.508 e. The number of hydrogen-bond acceptors (Lipinski definition) is 13. The maximum Gasteiger partial charge on any atom is 0.326 e. The van der Waals surface area contributed by atoms with Crippen LogP contribution in [0, 0.1) is 29.6 Å². The summed E-state index contributed by atoms with van der Waals surface area (Å²) in [4.78, 5) is 141. The van der Waals surface area contributed by atoms with Crippen LogP contribution in [0.4, 0.5) is 0 Å². The molecule has 0 spiro atoms. The number of imidazole rings is 1. The van der Waals surface area contributed by atoms with Crippen LogP contribution in [-0.2, 0) is 60.8 Å². The lowest BCUT2D eigenvalue weighted by molar-refractivity contribution is -0.143. The highest BCUT2D eigenvalue weighted by molar-refractivity contribution is 5.98. The van der Waals surface area contributed by atoms with E-state index in [2.05, 4.69) is 52.5 Å². The van der Waals surface area contributed by atoms with Crippen LogP contribution in [0.2, 0.25) is 0 Å². The molecule has 0 aliphatic carbocycles. The van der Waals surface area contributed by atoms with Gasteiger partial charge in [-0.1, -0.05) is 94.2 Å². The summed E-state index contributed by atoms with van der Waals surface area (Å²) in [5.74, 6) is -11.0. The number of benzene rings is 1. The van der Waals surface area contributed by atoms with E-state index in [0.717, 1.165) is 0 Å². The number of carbonyl (C=O) groups excluding carboxylic acids is 8. The van der Waals surface area contributed by atoms with Crippen molar-refractivity contribution in [3.8, 4) is 5.75 Å². The van der Waals surface area contributed by atoms with Gasteiger partial charge in [0.2, 0.25) is 47.3 Å². The summed E-state index contributed by atoms with van der Waals surface area (Å²) in [6, 6.07) is -5.85. The number of aromatic amines is 1. The fraction of sp³-hybridized carbons (Fsp3) is 0.627. The molecule has 11 atom stereocenters.